The summed E-state index contributed by atoms with van der Waals surface area (Å²) in [6.45, 7) is 3.08. The van der Waals surface area contributed by atoms with Crippen molar-refractivity contribution >= 4 is 17.6 Å². The first-order chi connectivity index (χ1) is 11.4. The van der Waals surface area contributed by atoms with Crippen molar-refractivity contribution in [3.8, 4) is 0 Å². The lowest BCUT2D eigenvalue weighted by Gasteiger charge is -2.24. The number of para-hydroxylation sites is 1. The Morgan fingerprint density at radius 3 is 2.54 bits per heavy atom. The van der Waals surface area contributed by atoms with E-state index in [2.05, 4.69) is 0 Å². The van der Waals surface area contributed by atoms with Crippen molar-refractivity contribution in [3.05, 3.63) is 29.8 Å². The first kappa shape index (κ1) is 15.4. The van der Waals surface area contributed by atoms with Gasteiger partial charge in [0.15, 0.2) is 0 Å². The SMILES string of the molecule is C[C@]12CCCN1C(=O)N([C@@H]1CCN(c3c(F)cccc3F)C1)C2=O. The van der Waals surface area contributed by atoms with Gasteiger partial charge in [-0.15, -0.1) is 0 Å². The summed E-state index contributed by atoms with van der Waals surface area (Å²) in [5, 5.41) is 0. The zero-order chi connectivity index (χ0) is 17.1. The van der Waals surface area contributed by atoms with Gasteiger partial charge in [-0.25, -0.2) is 13.6 Å². The summed E-state index contributed by atoms with van der Waals surface area (Å²) in [7, 11) is 0. The van der Waals surface area contributed by atoms with Gasteiger partial charge < -0.3 is 9.80 Å². The van der Waals surface area contributed by atoms with E-state index in [1.807, 2.05) is 6.92 Å². The number of anilines is 1. The number of fused-ring (bicyclic) bond motifs is 1. The Bertz CT molecular complexity index is 706. The molecule has 3 saturated heterocycles. The molecule has 0 aliphatic carbocycles. The molecule has 3 amide bonds. The minimum atomic E-state index is -0.742. The topological polar surface area (TPSA) is 43.9 Å². The highest BCUT2D eigenvalue weighted by Crippen LogP contribution is 2.40. The second-order valence-electron chi connectivity index (χ2n) is 6.95. The summed E-state index contributed by atoms with van der Waals surface area (Å²) in [5.41, 5.74) is -0.820. The molecule has 24 heavy (non-hydrogen) atoms. The fourth-order valence-corrected chi connectivity index (χ4v) is 4.24. The number of rotatable bonds is 2. The molecule has 1 aromatic carbocycles. The van der Waals surface area contributed by atoms with Gasteiger partial charge in [0.2, 0.25) is 0 Å². The number of carbonyl (C=O) groups excluding carboxylic acids is 2. The van der Waals surface area contributed by atoms with Crippen LogP contribution in [0.4, 0.5) is 19.3 Å². The highest BCUT2D eigenvalue weighted by atomic mass is 19.1. The molecule has 128 valence electrons. The van der Waals surface area contributed by atoms with E-state index < -0.39 is 17.2 Å². The maximum atomic E-state index is 14.0. The summed E-state index contributed by atoms with van der Waals surface area (Å²) in [4.78, 5) is 30.0. The number of nitrogens with zero attached hydrogens (tertiary/aromatic N) is 3. The molecule has 3 aliphatic rings. The molecule has 3 fully saturated rings. The van der Waals surface area contributed by atoms with Gasteiger partial charge >= 0.3 is 6.03 Å². The lowest BCUT2D eigenvalue weighted by atomic mass is 9.99. The minimum Gasteiger partial charge on any atom is -0.365 e. The molecule has 0 saturated carbocycles. The van der Waals surface area contributed by atoms with Crippen molar-refractivity contribution in [2.24, 2.45) is 0 Å². The second kappa shape index (κ2) is 5.16. The molecule has 7 heteroatoms. The predicted octanol–water partition coefficient (Wildman–Crippen LogP) is 2.36. The van der Waals surface area contributed by atoms with Gasteiger partial charge in [0, 0.05) is 19.6 Å². The third-order valence-electron chi connectivity index (χ3n) is 5.54. The smallest absolute Gasteiger partial charge is 0.327 e. The largest absolute Gasteiger partial charge is 0.365 e. The van der Waals surface area contributed by atoms with E-state index >= 15 is 0 Å². The van der Waals surface area contributed by atoms with Gasteiger partial charge in [-0.1, -0.05) is 6.07 Å². The molecule has 0 bridgehead atoms. The first-order valence-corrected chi connectivity index (χ1v) is 8.28. The van der Waals surface area contributed by atoms with Gasteiger partial charge in [0.05, 0.1) is 6.04 Å². The van der Waals surface area contributed by atoms with Crippen LogP contribution in [0.5, 0.6) is 0 Å². The maximum Gasteiger partial charge on any atom is 0.327 e. The number of urea groups is 1. The molecule has 0 spiro atoms. The predicted molar refractivity (Wildman–Crippen MR) is 83.6 cm³/mol. The van der Waals surface area contributed by atoms with E-state index in [1.54, 1.807) is 9.80 Å². The monoisotopic (exact) mass is 335 g/mol. The zero-order valence-electron chi connectivity index (χ0n) is 13.5. The molecule has 2 atom stereocenters. The summed E-state index contributed by atoms with van der Waals surface area (Å²) in [5.74, 6) is -1.42. The molecular formula is C17H19F2N3O2. The van der Waals surface area contributed by atoms with E-state index in [0.717, 1.165) is 6.42 Å². The molecule has 4 rings (SSSR count). The van der Waals surface area contributed by atoms with Crippen LogP contribution < -0.4 is 4.90 Å². The number of carbonyl (C=O) groups is 2. The Morgan fingerprint density at radius 2 is 1.88 bits per heavy atom. The highest BCUT2D eigenvalue weighted by Gasteiger charge is 2.58. The number of amides is 3. The van der Waals surface area contributed by atoms with Crippen LogP contribution in [0.15, 0.2) is 18.2 Å². The molecule has 0 radical (unpaired) electrons. The summed E-state index contributed by atoms with van der Waals surface area (Å²) in [6.07, 6.45) is 2.03. The fourth-order valence-electron chi connectivity index (χ4n) is 4.24. The standard InChI is InChI=1S/C17H19F2N3O2/c1-17-7-3-8-21(17)16(24)22(15(17)23)11-6-9-20(10-11)14-12(18)4-2-5-13(14)19/h2,4-5,11H,3,6-10H2,1H3/t11-,17-/m1/s1. The Morgan fingerprint density at radius 1 is 1.17 bits per heavy atom. The van der Waals surface area contributed by atoms with Gasteiger partial charge in [0.25, 0.3) is 5.91 Å². The normalized spacial score (nSPS) is 29.8. The van der Waals surface area contributed by atoms with Crippen LogP contribution in [0, 0.1) is 11.6 Å². The first-order valence-electron chi connectivity index (χ1n) is 8.28. The fraction of sp³-hybridized carbons (Fsp3) is 0.529. The third kappa shape index (κ3) is 1.96. The molecule has 5 nitrogen and oxygen atoms in total. The molecule has 0 unspecified atom stereocenters. The van der Waals surface area contributed by atoms with Crippen LogP contribution in [0.2, 0.25) is 0 Å². The van der Waals surface area contributed by atoms with Crippen LogP contribution in [0.1, 0.15) is 26.2 Å². The Balaban J connectivity index is 1.58. The van der Waals surface area contributed by atoms with E-state index in [4.69, 9.17) is 0 Å². The van der Waals surface area contributed by atoms with E-state index in [1.165, 1.54) is 23.1 Å². The van der Waals surface area contributed by atoms with Crippen molar-refractivity contribution in [2.45, 2.75) is 37.8 Å². The van der Waals surface area contributed by atoms with Gasteiger partial charge in [0.1, 0.15) is 22.9 Å². The van der Waals surface area contributed by atoms with E-state index in [-0.39, 0.29) is 30.2 Å². The average Bonchev–Trinajstić information content (AvgIpc) is 3.18. The average molecular weight is 335 g/mol. The van der Waals surface area contributed by atoms with Crippen molar-refractivity contribution in [1.29, 1.82) is 0 Å². The van der Waals surface area contributed by atoms with Crippen molar-refractivity contribution in [1.82, 2.24) is 9.80 Å². The van der Waals surface area contributed by atoms with Crippen LogP contribution in [-0.2, 0) is 4.79 Å². The van der Waals surface area contributed by atoms with E-state index in [0.29, 0.717) is 25.9 Å². The molecule has 0 aromatic heterocycles. The summed E-state index contributed by atoms with van der Waals surface area (Å²) < 4.78 is 27.9. The van der Waals surface area contributed by atoms with Crippen LogP contribution in [0.3, 0.4) is 0 Å². The van der Waals surface area contributed by atoms with Crippen molar-refractivity contribution < 1.29 is 18.4 Å². The molecule has 0 N–H and O–H groups in total. The number of hydrogen-bond donors (Lipinski definition) is 0. The van der Waals surface area contributed by atoms with Crippen LogP contribution >= 0.6 is 0 Å². The lowest BCUT2D eigenvalue weighted by molar-refractivity contribution is -0.133. The Hall–Kier alpha value is -2.18. The summed E-state index contributed by atoms with van der Waals surface area (Å²) in [6, 6.07) is 3.15. The van der Waals surface area contributed by atoms with Crippen LogP contribution in [0.25, 0.3) is 0 Å². The molecule has 3 aliphatic heterocycles. The Kier molecular flexibility index (Phi) is 3.30. The quantitative estimate of drug-likeness (QED) is 0.780. The van der Waals surface area contributed by atoms with Gasteiger partial charge in [-0.3, -0.25) is 9.69 Å². The summed E-state index contributed by atoms with van der Waals surface area (Å²) >= 11 is 0. The second-order valence-corrected chi connectivity index (χ2v) is 6.95. The highest BCUT2D eigenvalue weighted by molar-refractivity contribution is 6.07. The minimum absolute atomic E-state index is 0.0780. The number of imide groups is 1. The molecule has 1 aromatic rings. The Labute approximate surface area is 138 Å². The molecular weight excluding hydrogens is 316 g/mol. The number of benzene rings is 1. The van der Waals surface area contributed by atoms with Gasteiger partial charge in [-0.2, -0.15) is 0 Å². The van der Waals surface area contributed by atoms with Crippen molar-refractivity contribution in [2.75, 3.05) is 24.5 Å². The van der Waals surface area contributed by atoms with Crippen molar-refractivity contribution in [3.63, 3.8) is 0 Å². The van der Waals surface area contributed by atoms with Crippen LogP contribution in [-0.4, -0.2) is 53.0 Å². The lowest BCUT2D eigenvalue weighted by Crippen LogP contribution is -2.45. The zero-order valence-corrected chi connectivity index (χ0v) is 13.5. The van der Waals surface area contributed by atoms with E-state index in [9.17, 15) is 18.4 Å². The van der Waals surface area contributed by atoms with Gasteiger partial charge in [-0.05, 0) is 38.3 Å². The molecule has 3 heterocycles. The number of hydrogen-bond acceptors (Lipinski definition) is 3. The maximum absolute atomic E-state index is 14.0. The number of halogens is 2. The third-order valence-corrected chi connectivity index (χ3v) is 5.54.